The van der Waals surface area contributed by atoms with E-state index in [0.29, 0.717) is 5.69 Å². The van der Waals surface area contributed by atoms with Crippen LogP contribution in [0.3, 0.4) is 0 Å². The first-order chi connectivity index (χ1) is 12.6. The molecule has 1 aromatic heterocycles. The number of hydrogen-bond donors (Lipinski definition) is 3. The van der Waals surface area contributed by atoms with Crippen LogP contribution in [0.25, 0.3) is 0 Å². The average Bonchev–Trinajstić information content (AvgIpc) is 2.63. The number of ether oxygens (including phenoxy) is 1. The van der Waals surface area contributed by atoms with Crippen molar-refractivity contribution in [3.63, 3.8) is 0 Å². The monoisotopic (exact) mass is 480 g/mol. The molecule has 9 nitrogen and oxygen atoms in total. The summed E-state index contributed by atoms with van der Waals surface area (Å²) in [7, 11) is 1.25. The Morgan fingerprint density at radius 3 is 2.22 bits per heavy atom. The second-order valence-corrected chi connectivity index (χ2v) is 9.19. The van der Waals surface area contributed by atoms with Crippen LogP contribution in [0.1, 0.15) is 17.4 Å². The molecular weight excluding hydrogens is 466 g/mol. The van der Waals surface area contributed by atoms with Gasteiger partial charge in [-0.05, 0) is 12.1 Å². The Bertz CT molecular complexity index is 862. The number of pyridine rings is 1. The van der Waals surface area contributed by atoms with E-state index in [2.05, 4.69) is 18.9 Å². The van der Waals surface area contributed by atoms with Crippen LogP contribution < -0.4 is 9.67 Å². The number of carbonyl (C=O) groups is 2. The molecule has 27 heavy (non-hydrogen) atoms. The number of nitrogens with one attached hydrogen (secondary N) is 1. The fraction of sp³-hybridized carbons (Fsp3) is 0.133. The maximum atomic E-state index is 11.2. The average molecular weight is 481 g/mol. The molecule has 12 heteroatoms. The molecule has 1 aromatic carbocycles. The molecule has 1 atom stereocenters. The minimum Gasteiger partial charge on any atom is -0.464 e. The molecule has 0 aliphatic carbocycles. The van der Waals surface area contributed by atoms with E-state index in [1.807, 2.05) is 0 Å². The number of amides is 1. The summed E-state index contributed by atoms with van der Waals surface area (Å²) in [6.45, 7) is 1.35. The summed E-state index contributed by atoms with van der Waals surface area (Å²) < 4.78 is 28.3. The van der Waals surface area contributed by atoms with Gasteiger partial charge < -0.3 is 4.74 Å². The van der Waals surface area contributed by atoms with E-state index in [9.17, 15) is 13.3 Å². The van der Waals surface area contributed by atoms with E-state index in [4.69, 9.17) is 32.6 Å². The van der Waals surface area contributed by atoms with Gasteiger partial charge in [-0.25, -0.2) is 9.78 Å². The summed E-state index contributed by atoms with van der Waals surface area (Å²) in [5.74, 6) is -0.832. The zero-order chi connectivity index (χ0) is 20.6. The Morgan fingerprint density at radius 1 is 1.15 bits per heavy atom. The fourth-order valence-electron chi connectivity index (χ4n) is 1.64. The molecule has 0 aliphatic rings. The van der Waals surface area contributed by atoms with Crippen molar-refractivity contribution in [3.8, 4) is 0 Å². The van der Waals surface area contributed by atoms with Gasteiger partial charge in [-0.15, -0.1) is 0 Å². The first kappa shape index (κ1) is 23.2. The molecule has 1 unspecified atom stereocenters. The number of benzene rings is 1. The van der Waals surface area contributed by atoms with Crippen LogP contribution in [-0.4, -0.2) is 47.5 Å². The third-order valence-corrected chi connectivity index (χ3v) is 5.79. The van der Waals surface area contributed by atoms with Crippen LogP contribution in [0.2, 0.25) is 10.2 Å². The maximum Gasteiger partial charge on any atom is 0.358 e. The second kappa shape index (κ2) is 10.5. The number of rotatable bonds is 4. The summed E-state index contributed by atoms with van der Waals surface area (Å²) in [6.07, 6.45) is 0. The molecule has 0 bridgehead atoms. The van der Waals surface area contributed by atoms with E-state index in [0.717, 1.165) is 0 Å². The summed E-state index contributed by atoms with van der Waals surface area (Å²) in [5.41, 5.74) is 0.534. The molecule has 1 heterocycles. The molecule has 0 radical (unpaired) electrons. The van der Waals surface area contributed by atoms with Gasteiger partial charge in [0.2, 0.25) is 0 Å². The van der Waals surface area contributed by atoms with Gasteiger partial charge in [0.1, 0.15) is 5.15 Å². The maximum absolute atomic E-state index is 11.2. The molecule has 2 aromatic rings. The molecule has 1 amide bonds. The summed E-state index contributed by atoms with van der Waals surface area (Å²) >= 11 is 6.42. The van der Waals surface area contributed by atoms with Gasteiger partial charge >= 0.3 is 94.4 Å². The van der Waals surface area contributed by atoms with Crippen molar-refractivity contribution in [2.75, 3.05) is 12.4 Å². The van der Waals surface area contributed by atoms with Crippen LogP contribution in [-0.2, 0) is 17.1 Å². The predicted octanol–water partition coefficient (Wildman–Crippen LogP) is 1.88. The molecule has 0 fully saturated rings. The smallest absolute Gasteiger partial charge is 0.358 e. The molecule has 2 rings (SSSR count). The van der Waals surface area contributed by atoms with Gasteiger partial charge in [0, 0.05) is 0 Å². The largest absolute Gasteiger partial charge is 0.464 e. The zero-order valence-electron chi connectivity index (χ0n) is 14.1. The predicted molar refractivity (Wildman–Crippen MR) is 98.3 cm³/mol. The van der Waals surface area contributed by atoms with E-state index >= 15 is 0 Å². The Hall–Kier alpha value is -1.87. The van der Waals surface area contributed by atoms with Crippen LogP contribution >= 0.6 is 23.2 Å². The number of halogens is 2. The minimum absolute atomic E-state index is 0.00438. The van der Waals surface area contributed by atoms with Crippen molar-refractivity contribution in [2.45, 2.75) is 6.92 Å². The van der Waals surface area contributed by atoms with Gasteiger partial charge in [0.25, 0.3) is 0 Å². The minimum atomic E-state index is -4.76. The van der Waals surface area contributed by atoms with Gasteiger partial charge in [-0.3, -0.25) is 0 Å². The van der Waals surface area contributed by atoms with Crippen molar-refractivity contribution in [1.29, 1.82) is 0 Å². The number of methoxy groups -OCH3 is 1. The second-order valence-electron chi connectivity index (χ2n) is 4.79. The van der Waals surface area contributed by atoms with E-state index in [1.165, 1.54) is 50.4 Å². The summed E-state index contributed by atoms with van der Waals surface area (Å²) in [5, 5.41) is 11.1. The Balaban J connectivity index is 0.000000277. The molecule has 3 N–H and O–H groups in total. The molecule has 0 saturated carbocycles. The SMILES string of the molecule is CC(=O)Nc1ccc([As](=O)(O)OO)cc1.COC(=O)c1nc(Cl)ccc1Cl. The van der Waals surface area contributed by atoms with Crippen LogP contribution in [0, 0.1) is 0 Å². The van der Waals surface area contributed by atoms with Crippen molar-refractivity contribution in [2.24, 2.45) is 0 Å². The van der Waals surface area contributed by atoms with Crippen molar-refractivity contribution >= 4 is 59.3 Å². The van der Waals surface area contributed by atoms with Gasteiger partial charge in [-0.1, -0.05) is 23.2 Å². The summed E-state index contributed by atoms with van der Waals surface area (Å²) in [6, 6.07) is 8.49. The third kappa shape index (κ3) is 7.34. The van der Waals surface area contributed by atoms with Gasteiger partial charge in [0.15, 0.2) is 5.69 Å². The Kier molecular flexibility index (Phi) is 8.97. The van der Waals surface area contributed by atoms with Crippen molar-refractivity contribution < 1.29 is 31.3 Å². The molecule has 0 saturated heterocycles. The van der Waals surface area contributed by atoms with Crippen molar-refractivity contribution in [3.05, 3.63) is 52.3 Å². The number of aromatic nitrogens is 1. The number of anilines is 1. The first-order valence-corrected chi connectivity index (χ1v) is 11.1. The van der Waals surface area contributed by atoms with E-state index < -0.39 is 20.1 Å². The topological polar surface area (TPSA) is 135 Å². The van der Waals surface area contributed by atoms with E-state index in [1.54, 1.807) is 0 Å². The molecular formula is C15H15AsCl2N2O7. The molecule has 0 spiro atoms. The van der Waals surface area contributed by atoms with Crippen LogP contribution in [0.5, 0.6) is 0 Å². The first-order valence-electron chi connectivity index (χ1n) is 7.05. The summed E-state index contributed by atoms with van der Waals surface area (Å²) in [4.78, 5) is 25.3. The number of hydrogen-bond acceptors (Lipinski definition) is 7. The zero-order valence-corrected chi connectivity index (χ0v) is 17.4. The Labute approximate surface area is 167 Å². The third-order valence-electron chi connectivity index (χ3n) is 2.82. The molecule has 0 aliphatic heterocycles. The molecule has 146 valence electrons. The fourth-order valence-corrected chi connectivity index (χ4v) is 3.27. The quantitative estimate of drug-likeness (QED) is 0.198. The normalized spacial score (nSPS) is 12.2. The Morgan fingerprint density at radius 2 is 1.74 bits per heavy atom. The van der Waals surface area contributed by atoms with E-state index in [-0.39, 0.29) is 26.1 Å². The van der Waals surface area contributed by atoms with Gasteiger partial charge in [-0.2, -0.15) is 0 Å². The number of carbonyl (C=O) groups excluding carboxylic acids is 2. The standard InChI is InChI=1S/C8H10AsNO5.C7H5Cl2NO2/c1-6(11)10-8-4-2-7(3-5-8)9(12,13)15-14;1-12-7(11)6-4(8)2-3-5(9)10-6/h2-5,14H,1H3,(H,10,11)(H,12,13);2-3H,1H3. The van der Waals surface area contributed by atoms with Crippen molar-refractivity contribution in [1.82, 2.24) is 4.98 Å². The number of esters is 1. The van der Waals surface area contributed by atoms with Crippen LogP contribution in [0.4, 0.5) is 5.69 Å². The van der Waals surface area contributed by atoms with Gasteiger partial charge in [0.05, 0.1) is 12.1 Å². The number of nitrogens with zero attached hydrogens (tertiary/aromatic N) is 1. The van der Waals surface area contributed by atoms with Crippen LogP contribution in [0.15, 0.2) is 36.4 Å².